The second kappa shape index (κ2) is 6.51. The molecule has 1 saturated carbocycles. The van der Waals surface area contributed by atoms with Crippen LogP contribution in [0.25, 0.3) is 0 Å². The first-order valence-electron chi connectivity index (χ1n) is 8.14. The maximum atomic E-state index is 5.93. The number of hydrogen-bond donors (Lipinski definition) is 1. The van der Waals surface area contributed by atoms with Gasteiger partial charge in [0.2, 0.25) is 0 Å². The van der Waals surface area contributed by atoms with Gasteiger partial charge in [0, 0.05) is 30.6 Å². The minimum Gasteiger partial charge on any atom is -0.467 e. The summed E-state index contributed by atoms with van der Waals surface area (Å²) in [4.78, 5) is 0. The molecule has 0 aromatic carbocycles. The number of nitrogens with one attached hydrogen (secondary N) is 1. The molecule has 1 aromatic heterocycles. The van der Waals surface area contributed by atoms with Crippen molar-refractivity contribution in [2.75, 3.05) is 19.8 Å². The highest BCUT2D eigenvalue weighted by atomic mass is 16.5. The van der Waals surface area contributed by atoms with E-state index in [0.717, 1.165) is 31.9 Å². The molecule has 2 aliphatic rings. The maximum Gasteiger partial charge on any atom is 0.129 e. The van der Waals surface area contributed by atoms with Crippen LogP contribution in [0.5, 0.6) is 0 Å². The Kier molecular flexibility index (Phi) is 4.67. The van der Waals surface area contributed by atoms with Gasteiger partial charge < -0.3 is 19.2 Å². The molecule has 2 fully saturated rings. The highest BCUT2D eigenvalue weighted by Gasteiger charge is 2.57. The van der Waals surface area contributed by atoms with Crippen LogP contribution in [0, 0.1) is 11.3 Å². The van der Waals surface area contributed by atoms with Crippen LogP contribution < -0.4 is 5.32 Å². The SMILES string of the molecule is CC1(C)C(NCCCOCc2ccco2)C2CCCOC21. The predicted octanol–water partition coefficient (Wildman–Crippen LogP) is 2.98. The van der Waals surface area contributed by atoms with E-state index in [1.807, 2.05) is 12.1 Å². The molecule has 3 atom stereocenters. The Hall–Kier alpha value is -0.840. The van der Waals surface area contributed by atoms with Gasteiger partial charge in [-0.3, -0.25) is 0 Å². The molecule has 0 amide bonds. The molecule has 1 aromatic rings. The summed E-state index contributed by atoms with van der Waals surface area (Å²) in [6.45, 7) is 7.94. The number of hydrogen-bond acceptors (Lipinski definition) is 4. The Morgan fingerprint density at radius 2 is 2.33 bits per heavy atom. The van der Waals surface area contributed by atoms with Gasteiger partial charge in [0.05, 0.1) is 12.4 Å². The number of ether oxygens (including phenoxy) is 2. The molecule has 1 N–H and O–H groups in total. The van der Waals surface area contributed by atoms with Crippen LogP contribution in [-0.2, 0) is 16.1 Å². The molecule has 0 spiro atoms. The molecule has 21 heavy (non-hydrogen) atoms. The minimum atomic E-state index is 0.264. The van der Waals surface area contributed by atoms with Crippen LogP contribution in [0.3, 0.4) is 0 Å². The standard InChI is InChI=1S/C17H27NO3/c1-17(2)15(14-7-4-11-21-16(14)17)18-8-5-9-19-12-13-6-3-10-20-13/h3,6,10,14-16,18H,4-5,7-9,11-12H2,1-2H3. The highest BCUT2D eigenvalue weighted by molar-refractivity contribution is 5.10. The molecule has 1 saturated heterocycles. The van der Waals surface area contributed by atoms with E-state index >= 15 is 0 Å². The van der Waals surface area contributed by atoms with Crippen molar-refractivity contribution in [2.24, 2.45) is 11.3 Å². The van der Waals surface area contributed by atoms with Crippen LogP contribution >= 0.6 is 0 Å². The van der Waals surface area contributed by atoms with E-state index in [2.05, 4.69) is 19.2 Å². The molecule has 3 unspecified atom stereocenters. The van der Waals surface area contributed by atoms with Gasteiger partial charge in [-0.05, 0) is 37.9 Å². The lowest BCUT2D eigenvalue weighted by Crippen LogP contribution is -2.69. The first-order chi connectivity index (χ1) is 10.2. The molecule has 2 heterocycles. The summed E-state index contributed by atoms with van der Waals surface area (Å²) in [6, 6.07) is 4.42. The average molecular weight is 293 g/mol. The van der Waals surface area contributed by atoms with E-state index < -0.39 is 0 Å². The van der Waals surface area contributed by atoms with Crippen LogP contribution in [-0.4, -0.2) is 31.9 Å². The van der Waals surface area contributed by atoms with Crippen molar-refractivity contribution in [1.29, 1.82) is 0 Å². The van der Waals surface area contributed by atoms with Gasteiger partial charge in [-0.25, -0.2) is 0 Å². The first kappa shape index (κ1) is 15.1. The molecule has 0 radical (unpaired) electrons. The van der Waals surface area contributed by atoms with Crippen LogP contribution in [0.2, 0.25) is 0 Å². The van der Waals surface area contributed by atoms with Crippen LogP contribution in [0.1, 0.15) is 38.9 Å². The molecule has 118 valence electrons. The van der Waals surface area contributed by atoms with Gasteiger partial charge in [0.25, 0.3) is 0 Å². The van der Waals surface area contributed by atoms with Crippen molar-refractivity contribution in [3.8, 4) is 0 Å². The Labute approximate surface area is 127 Å². The summed E-state index contributed by atoms with van der Waals surface area (Å²) in [5.74, 6) is 1.60. The van der Waals surface area contributed by atoms with Crippen LogP contribution in [0.15, 0.2) is 22.8 Å². The van der Waals surface area contributed by atoms with Crippen molar-refractivity contribution in [3.63, 3.8) is 0 Å². The van der Waals surface area contributed by atoms with Crippen molar-refractivity contribution in [1.82, 2.24) is 5.32 Å². The molecular weight excluding hydrogens is 266 g/mol. The Bertz CT molecular complexity index is 429. The largest absolute Gasteiger partial charge is 0.467 e. The van der Waals surface area contributed by atoms with Gasteiger partial charge in [0.15, 0.2) is 0 Å². The molecule has 3 rings (SSSR count). The molecule has 4 heteroatoms. The second-order valence-corrected chi connectivity index (χ2v) is 6.84. The molecule has 1 aliphatic heterocycles. The number of fused-ring (bicyclic) bond motifs is 1. The van der Waals surface area contributed by atoms with Crippen molar-refractivity contribution in [3.05, 3.63) is 24.2 Å². The Morgan fingerprint density at radius 3 is 3.14 bits per heavy atom. The first-order valence-corrected chi connectivity index (χ1v) is 8.14. The molecule has 4 nitrogen and oxygen atoms in total. The molecule has 1 aliphatic carbocycles. The van der Waals surface area contributed by atoms with Crippen molar-refractivity contribution in [2.45, 2.75) is 51.9 Å². The lowest BCUT2D eigenvalue weighted by atomic mass is 9.55. The topological polar surface area (TPSA) is 43.6 Å². The molecule has 0 bridgehead atoms. The lowest BCUT2D eigenvalue weighted by molar-refractivity contribution is -0.192. The van der Waals surface area contributed by atoms with Gasteiger partial charge >= 0.3 is 0 Å². The fourth-order valence-electron chi connectivity index (χ4n) is 3.94. The third-order valence-corrected chi connectivity index (χ3v) is 4.99. The van der Waals surface area contributed by atoms with E-state index in [1.54, 1.807) is 6.26 Å². The Balaban J connectivity index is 1.32. The summed E-state index contributed by atoms with van der Waals surface area (Å²) < 4.78 is 16.8. The van der Waals surface area contributed by atoms with E-state index in [9.17, 15) is 0 Å². The second-order valence-electron chi connectivity index (χ2n) is 6.84. The van der Waals surface area contributed by atoms with E-state index in [0.29, 0.717) is 24.7 Å². The van der Waals surface area contributed by atoms with E-state index in [1.165, 1.54) is 12.8 Å². The minimum absolute atomic E-state index is 0.264. The van der Waals surface area contributed by atoms with E-state index in [-0.39, 0.29) is 5.41 Å². The third kappa shape index (κ3) is 3.17. The molecular formula is C17H27NO3. The smallest absolute Gasteiger partial charge is 0.129 e. The average Bonchev–Trinajstić information content (AvgIpc) is 2.99. The monoisotopic (exact) mass is 293 g/mol. The normalized spacial score (nSPS) is 30.7. The van der Waals surface area contributed by atoms with Crippen molar-refractivity contribution < 1.29 is 13.9 Å². The lowest BCUT2D eigenvalue weighted by Gasteiger charge is -2.60. The number of rotatable bonds is 7. The van der Waals surface area contributed by atoms with Crippen molar-refractivity contribution >= 4 is 0 Å². The van der Waals surface area contributed by atoms with Gasteiger partial charge in [-0.15, -0.1) is 0 Å². The highest BCUT2D eigenvalue weighted by Crippen LogP contribution is 2.51. The zero-order valence-electron chi connectivity index (χ0n) is 13.1. The van der Waals surface area contributed by atoms with Gasteiger partial charge in [0.1, 0.15) is 12.4 Å². The summed E-state index contributed by atoms with van der Waals surface area (Å²) in [5, 5.41) is 3.72. The van der Waals surface area contributed by atoms with Gasteiger partial charge in [-0.1, -0.05) is 13.8 Å². The zero-order chi connectivity index (χ0) is 14.7. The van der Waals surface area contributed by atoms with Gasteiger partial charge in [-0.2, -0.15) is 0 Å². The van der Waals surface area contributed by atoms with E-state index in [4.69, 9.17) is 13.9 Å². The summed E-state index contributed by atoms with van der Waals surface area (Å²) in [5.41, 5.74) is 0.264. The predicted molar refractivity (Wildman–Crippen MR) is 81.0 cm³/mol. The quantitative estimate of drug-likeness (QED) is 0.785. The van der Waals surface area contributed by atoms with Crippen LogP contribution in [0.4, 0.5) is 0 Å². The fraction of sp³-hybridized carbons (Fsp3) is 0.765. The summed E-state index contributed by atoms with van der Waals surface area (Å²) >= 11 is 0. The summed E-state index contributed by atoms with van der Waals surface area (Å²) in [6.07, 6.45) is 5.69. The Morgan fingerprint density at radius 1 is 1.43 bits per heavy atom. The third-order valence-electron chi connectivity index (χ3n) is 4.99. The maximum absolute atomic E-state index is 5.93. The zero-order valence-corrected chi connectivity index (χ0v) is 13.1. The number of furan rings is 1. The summed E-state index contributed by atoms with van der Waals surface area (Å²) in [7, 11) is 0. The fourth-order valence-corrected chi connectivity index (χ4v) is 3.94.